The van der Waals surface area contributed by atoms with Crippen LogP contribution in [0.1, 0.15) is 50.3 Å². The zero-order chi connectivity index (χ0) is 16.2. The van der Waals surface area contributed by atoms with Crippen LogP contribution in [0.15, 0.2) is 12.1 Å². The molecule has 1 saturated heterocycles. The molecular weight excluding hydrogens is 290 g/mol. The van der Waals surface area contributed by atoms with E-state index in [4.69, 9.17) is 9.47 Å². The van der Waals surface area contributed by atoms with Gasteiger partial charge in [-0.15, -0.1) is 0 Å². The Balaban J connectivity index is 1.72. The van der Waals surface area contributed by atoms with E-state index in [0.29, 0.717) is 23.9 Å². The minimum absolute atomic E-state index is 0.0458. The van der Waals surface area contributed by atoms with E-state index in [1.54, 1.807) is 0 Å². The van der Waals surface area contributed by atoms with E-state index in [1.807, 2.05) is 12.1 Å². The van der Waals surface area contributed by atoms with Crippen molar-refractivity contribution in [2.45, 2.75) is 51.2 Å². The van der Waals surface area contributed by atoms with Crippen LogP contribution in [-0.2, 0) is 9.47 Å². The Morgan fingerprint density at radius 2 is 2.22 bits per heavy atom. The SMILES string of the molecule is CC(C)c1ccc(C#N)c(N[C@@H]2COCC[C@@H]2OCC2CC2)n1. The lowest BCUT2D eigenvalue weighted by Gasteiger charge is -2.32. The van der Waals surface area contributed by atoms with Crippen molar-refractivity contribution in [3.8, 4) is 6.07 Å². The minimum atomic E-state index is 0.0458. The van der Waals surface area contributed by atoms with Gasteiger partial charge < -0.3 is 14.8 Å². The highest BCUT2D eigenvalue weighted by Crippen LogP contribution is 2.30. The molecule has 2 fully saturated rings. The Morgan fingerprint density at radius 3 is 2.91 bits per heavy atom. The molecule has 23 heavy (non-hydrogen) atoms. The molecule has 1 aromatic heterocycles. The van der Waals surface area contributed by atoms with Gasteiger partial charge in [0, 0.05) is 18.9 Å². The van der Waals surface area contributed by atoms with Gasteiger partial charge in [0.2, 0.25) is 0 Å². The molecule has 0 radical (unpaired) electrons. The maximum atomic E-state index is 9.34. The third-order valence-corrected chi connectivity index (χ3v) is 4.49. The molecule has 0 unspecified atom stereocenters. The molecule has 0 aromatic carbocycles. The number of hydrogen-bond donors (Lipinski definition) is 1. The number of ether oxygens (including phenoxy) is 2. The number of anilines is 1. The monoisotopic (exact) mass is 315 g/mol. The molecule has 1 aliphatic carbocycles. The predicted octanol–water partition coefficient (Wildman–Crippen LogP) is 3.07. The van der Waals surface area contributed by atoms with E-state index >= 15 is 0 Å². The molecule has 5 nitrogen and oxygen atoms in total. The lowest BCUT2D eigenvalue weighted by Crippen LogP contribution is -2.44. The Morgan fingerprint density at radius 1 is 1.39 bits per heavy atom. The first kappa shape index (κ1) is 16.2. The van der Waals surface area contributed by atoms with Crippen LogP contribution in [0.2, 0.25) is 0 Å². The highest BCUT2D eigenvalue weighted by atomic mass is 16.5. The molecule has 1 aliphatic heterocycles. The van der Waals surface area contributed by atoms with Gasteiger partial charge in [-0.1, -0.05) is 13.8 Å². The largest absolute Gasteiger partial charge is 0.379 e. The van der Waals surface area contributed by atoms with Crippen LogP contribution in [-0.4, -0.2) is 37.0 Å². The first-order valence-electron chi connectivity index (χ1n) is 8.54. The second kappa shape index (κ2) is 7.29. The fourth-order valence-electron chi connectivity index (χ4n) is 2.77. The normalized spacial score (nSPS) is 24.4. The molecule has 5 heteroatoms. The van der Waals surface area contributed by atoms with Crippen LogP contribution in [0, 0.1) is 17.2 Å². The van der Waals surface area contributed by atoms with E-state index in [1.165, 1.54) is 12.8 Å². The zero-order valence-corrected chi connectivity index (χ0v) is 13.9. The average molecular weight is 315 g/mol. The molecule has 124 valence electrons. The Kier molecular flexibility index (Phi) is 5.14. The van der Waals surface area contributed by atoms with Crippen LogP contribution < -0.4 is 5.32 Å². The quantitative estimate of drug-likeness (QED) is 0.874. The van der Waals surface area contributed by atoms with Gasteiger partial charge in [-0.05, 0) is 43.2 Å². The fourth-order valence-corrected chi connectivity index (χ4v) is 2.77. The summed E-state index contributed by atoms with van der Waals surface area (Å²) >= 11 is 0. The smallest absolute Gasteiger partial charge is 0.144 e. The molecule has 2 atom stereocenters. The maximum Gasteiger partial charge on any atom is 0.144 e. The van der Waals surface area contributed by atoms with E-state index in [-0.39, 0.29) is 12.1 Å². The summed E-state index contributed by atoms with van der Waals surface area (Å²) < 4.78 is 11.7. The summed E-state index contributed by atoms with van der Waals surface area (Å²) in [5.74, 6) is 1.72. The van der Waals surface area contributed by atoms with Crippen LogP contribution in [0.25, 0.3) is 0 Å². The van der Waals surface area contributed by atoms with Crippen molar-refractivity contribution >= 4 is 5.82 Å². The Bertz CT molecular complexity index is 578. The third kappa shape index (κ3) is 4.21. The van der Waals surface area contributed by atoms with E-state index in [9.17, 15) is 5.26 Å². The molecule has 0 bridgehead atoms. The summed E-state index contributed by atoms with van der Waals surface area (Å²) in [6, 6.07) is 6.03. The molecule has 1 saturated carbocycles. The van der Waals surface area contributed by atoms with Crippen LogP contribution >= 0.6 is 0 Å². The molecule has 3 rings (SSSR count). The summed E-state index contributed by atoms with van der Waals surface area (Å²) in [6.45, 7) is 6.37. The predicted molar refractivity (Wildman–Crippen MR) is 88.4 cm³/mol. The number of nitriles is 1. The maximum absolute atomic E-state index is 9.34. The van der Waals surface area contributed by atoms with Crippen molar-refractivity contribution in [3.05, 3.63) is 23.4 Å². The average Bonchev–Trinajstić information content (AvgIpc) is 3.38. The standard InChI is InChI=1S/C18H25N3O2/c1-12(2)15-6-5-14(9-19)18(20-15)21-16-11-22-8-7-17(16)23-10-13-3-4-13/h5-6,12-13,16-17H,3-4,7-8,10-11H2,1-2H3,(H,20,21)/t16-,17+/m1/s1. The number of nitrogens with one attached hydrogen (secondary N) is 1. The van der Waals surface area contributed by atoms with Crippen molar-refractivity contribution < 1.29 is 9.47 Å². The van der Waals surface area contributed by atoms with E-state index in [2.05, 4.69) is 30.2 Å². The van der Waals surface area contributed by atoms with Crippen LogP contribution in [0.4, 0.5) is 5.82 Å². The number of aromatic nitrogens is 1. The molecule has 0 spiro atoms. The highest BCUT2D eigenvalue weighted by molar-refractivity contribution is 5.53. The van der Waals surface area contributed by atoms with Gasteiger partial charge in [0.25, 0.3) is 0 Å². The number of hydrogen-bond acceptors (Lipinski definition) is 5. The first-order chi connectivity index (χ1) is 11.2. The van der Waals surface area contributed by atoms with Crippen molar-refractivity contribution in [1.29, 1.82) is 5.26 Å². The van der Waals surface area contributed by atoms with E-state index in [0.717, 1.165) is 31.2 Å². The number of rotatable bonds is 6. The first-order valence-corrected chi connectivity index (χ1v) is 8.54. The zero-order valence-electron chi connectivity index (χ0n) is 13.9. The minimum Gasteiger partial charge on any atom is -0.379 e. The number of pyridine rings is 1. The Hall–Kier alpha value is -1.64. The molecule has 2 aliphatic rings. The van der Waals surface area contributed by atoms with Gasteiger partial charge in [0.05, 0.1) is 24.3 Å². The molecule has 1 aromatic rings. The van der Waals surface area contributed by atoms with Crippen LogP contribution in [0.3, 0.4) is 0 Å². The number of nitrogens with zero attached hydrogens (tertiary/aromatic N) is 2. The van der Waals surface area contributed by atoms with Crippen molar-refractivity contribution in [3.63, 3.8) is 0 Å². The third-order valence-electron chi connectivity index (χ3n) is 4.49. The van der Waals surface area contributed by atoms with Crippen molar-refractivity contribution in [2.75, 3.05) is 25.1 Å². The van der Waals surface area contributed by atoms with Crippen molar-refractivity contribution in [1.82, 2.24) is 4.98 Å². The molecular formula is C18H25N3O2. The molecule has 1 N–H and O–H groups in total. The van der Waals surface area contributed by atoms with Gasteiger partial charge in [-0.3, -0.25) is 0 Å². The van der Waals surface area contributed by atoms with Gasteiger partial charge in [-0.2, -0.15) is 5.26 Å². The van der Waals surface area contributed by atoms with Crippen molar-refractivity contribution in [2.24, 2.45) is 5.92 Å². The van der Waals surface area contributed by atoms with Gasteiger partial charge in [0.1, 0.15) is 11.9 Å². The lowest BCUT2D eigenvalue weighted by molar-refractivity contribution is -0.0439. The molecule has 0 amide bonds. The van der Waals surface area contributed by atoms with Gasteiger partial charge >= 0.3 is 0 Å². The fraction of sp³-hybridized carbons (Fsp3) is 0.667. The van der Waals surface area contributed by atoms with Crippen LogP contribution in [0.5, 0.6) is 0 Å². The highest BCUT2D eigenvalue weighted by Gasteiger charge is 2.30. The summed E-state index contributed by atoms with van der Waals surface area (Å²) in [4.78, 5) is 4.63. The van der Waals surface area contributed by atoms with Gasteiger partial charge in [-0.25, -0.2) is 4.98 Å². The lowest BCUT2D eigenvalue weighted by atomic mass is 10.1. The second-order valence-corrected chi connectivity index (χ2v) is 6.83. The Labute approximate surface area is 138 Å². The topological polar surface area (TPSA) is 67.2 Å². The summed E-state index contributed by atoms with van der Waals surface area (Å²) in [6.07, 6.45) is 3.59. The molecule has 2 heterocycles. The summed E-state index contributed by atoms with van der Waals surface area (Å²) in [7, 11) is 0. The summed E-state index contributed by atoms with van der Waals surface area (Å²) in [5.41, 5.74) is 1.56. The summed E-state index contributed by atoms with van der Waals surface area (Å²) in [5, 5.41) is 12.7. The van der Waals surface area contributed by atoms with Gasteiger partial charge in [0.15, 0.2) is 0 Å². The second-order valence-electron chi connectivity index (χ2n) is 6.83. The van der Waals surface area contributed by atoms with E-state index < -0.39 is 0 Å².